The molecule has 0 spiro atoms. The van der Waals surface area contributed by atoms with Crippen molar-refractivity contribution in [1.29, 1.82) is 0 Å². The molecule has 1 aliphatic carbocycles. The van der Waals surface area contributed by atoms with Gasteiger partial charge in [-0.3, -0.25) is 4.79 Å². The van der Waals surface area contributed by atoms with Gasteiger partial charge in [0.1, 0.15) is 0 Å². The van der Waals surface area contributed by atoms with Crippen LogP contribution in [0.25, 0.3) is 0 Å². The third kappa shape index (κ3) is 3.44. The van der Waals surface area contributed by atoms with E-state index >= 15 is 0 Å². The average molecular weight is 275 g/mol. The van der Waals surface area contributed by atoms with Crippen molar-refractivity contribution in [1.82, 2.24) is 4.90 Å². The molecule has 2 unspecified atom stereocenters. The number of benzene rings is 1. The van der Waals surface area contributed by atoms with Crippen LogP contribution in [-0.4, -0.2) is 30.9 Å². The van der Waals surface area contributed by atoms with E-state index in [-0.39, 0.29) is 5.91 Å². The summed E-state index contributed by atoms with van der Waals surface area (Å²) in [5.41, 5.74) is 8.30. The number of nitrogens with zero attached hydrogens (tertiary/aromatic N) is 1. The largest absolute Gasteiger partial charge is 0.397 e. The van der Waals surface area contributed by atoms with Crippen molar-refractivity contribution in [3.63, 3.8) is 0 Å². The highest BCUT2D eigenvalue weighted by Crippen LogP contribution is 2.29. The maximum atomic E-state index is 12.0. The molecule has 110 valence electrons. The zero-order chi connectivity index (χ0) is 14.7. The van der Waals surface area contributed by atoms with Gasteiger partial charge in [-0.15, -0.1) is 0 Å². The summed E-state index contributed by atoms with van der Waals surface area (Å²) in [5, 5.41) is 3.52. The van der Waals surface area contributed by atoms with Crippen LogP contribution in [0, 0.1) is 5.92 Å². The standard InChI is InChI=1S/C16H25N3O/c1-11-5-4-6-13(9-11)18-15-10-12(7-8-14(15)17)16(20)19(2)3/h7-8,10-11,13,18H,4-6,9,17H2,1-3H3. The fourth-order valence-corrected chi connectivity index (χ4v) is 2.86. The molecule has 0 radical (unpaired) electrons. The van der Waals surface area contributed by atoms with Gasteiger partial charge in [-0.2, -0.15) is 0 Å². The monoisotopic (exact) mass is 275 g/mol. The number of anilines is 2. The first-order chi connectivity index (χ1) is 9.47. The van der Waals surface area contributed by atoms with Crippen molar-refractivity contribution < 1.29 is 4.79 Å². The first-order valence-corrected chi connectivity index (χ1v) is 7.35. The molecule has 0 heterocycles. The van der Waals surface area contributed by atoms with Gasteiger partial charge in [0.2, 0.25) is 0 Å². The van der Waals surface area contributed by atoms with Gasteiger partial charge < -0.3 is 16.0 Å². The van der Waals surface area contributed by atoms with Gasteiger partial charge in [0.05, 0.1) is 11.4 Å². The zero-order valence-electron chi connectivity index (χ0n) is 12.6. The average Bonchev–Trinajstić information content (AvgIpc) is 2.40. The van der Waals surface area contributed by atoms with Crippen molar-refractivity contribution in [3.05, 3.63) is 23.8 Å². The summed E-state index contributed by atoms with van der Waals surface area (Å²) in [6.07, 6.45) is 4.92. The summed E-state index contributed by atoms with van der Waals surface area (Å²) >= 11 is 0. The second-order valence-electron chi connectivity index (χ2n) is 6.11. The Labute approximate surface area is 121 Å². The highest BCUT2D eigenvalue weighted by molar-refractivity contribution is 5.95. The van der Waals surface area contributed by atoms with E-state index in [4.69, 9.17) is 5.73 Å². The van der Waals surface area contributed by atoms with Crippen LogP contribution in [0.4, 0.5) is 11.4 Å². The number of nitrogens with two attached hydrogens (primary N) is 1. The van der Waals surface area contributed by atoms with Gasteiger partial charge in [0, 0.05) is 25.7 Å². The number of amides is 1. The topological polar surface area (TPSA) is 58.4 Å². The number of hydrogen-bond donors (Lipinski definition) is 2. The molecule has 1 aromatic rings. The first kappa shape index (κ1) is 14.7. The molecule has 0 aliphatic heterocycles. The lowest BCUT2D eigenvalue weighted by Crippen LogP contribution is -2.27. The molecule has 1 saturated carbocycles. The Balaban J connectivity index is 2.14. The van der Waals surface area contributed by atoms with Crippen molar-refractivity contribution in [3.8, 4) is 0 Å². The van der Waals surface area contributed by atoms with Crippen LogP contribution >= 0.6 is 0 Å². The molecule has 20 heavy (non-hydrogen) atoms. The molecule has 1 fully saturated rings. The second kappa shape index (κ2) is 6.16. The predicted octanol–water partition coefficient (Wildman–Crippen LogP) is 2.96. The second-order valence-corrected chi connectivity index (χ2v) is 6.11. The minimum Gasteiger partial charge on any atom is -0.397 e. The van der Waals surface area contributed by atoms with Gasteiger partial charge in [0.15, 0.2) is 0 Å². The van der Waals surface area contributed by atoms with Crippen LogP contribution in [0.15, 0.2) is 18.2 Å². The Hall–Kier alpha value is -1.71. The molecule has 3 N–H and O–H groups in total. The Morgan fingerprint density at radius 2 is 2.10 bits per heavy atom. The van der Waals surface area contributed by atoms with E-state index in [1.165, 1.54) is 25.7 Å². The van der Waals surface area contributed by atoms with Gasteiger partial charge in [-0.25, -0.2) is 0 Å². The quantitative estimate of drug-likeness (QED) is 0.834. The fraction of sp³-hybridized carbons (Fsp3) is 0.562. The highest BCUT2D eigenvalue weighted by Gasteiger charge is 2.19. The van der Waals surface area contributed by atoms with E-state index < -0.39 is 0 Å². The third-order valence-corrected chi connectivity index (χ3v) is 4.00. The fourth-order valence-electron chi connectivity index (χ4n) is 2.86. The van der Waals surface area contributed by atoms with E-state index in [2.05, 4.69) is 12.2 Å². The zero-order valence-corrected chi connectivity index (χ0v) is 12.6. The van der Waals surface area contributed by atoms with E-state index in [9.17, 15) is 4.79 Å². The summed E-state index contributed by atoms with van der Waals surface area (Å²) in [7, 11) is 3.52. The van der Waals surface area contributed by atoms with Crippen LogP contribution in [0.2, 0.25) is 0 Å². The number of nitrogen functional groups attached to an aromatic ring is 1. The van der Waals surface area contributed by atoms with Crippen LogP contribution in [0.5, 0.6) is 0 Å². The highest BCUT2D eigenvalue weighted by atomic mass is 16.2. The van der Waals surface area contributed by atoms with Gasteiger partial charge in [-0.05, 0) is 37.0 Å². The minimum atomic E-state index is 0.00469. The summed E-state index contributed by atoms with van der Waals surface area (Å²) in [4.78, 5) is 13.6. The Morgan fingerprint density at radius 3 is 2.75 bits per heavy atom. The molecular formula is C16H25N3O. The molecule has 2 rings (SSSR count). The molecule has 4 nitrogen and oxygen atoms in total. The maximum absolute atomic E-state index is 12.0. The smallest absolute Gasteiger partial charge is 0.253 e. The molecule has 0 aromatic heterocycles. The van der Waals surface area contributed by atoms with Gasteiger partial charge >= 0.3 is 0 Å². The van der Waals surface area contributed by atoms with Crippen LogP contribution in [-0.2, 0) is 0 Å². The first-order valence-electron chi connectivity index (χ1n) is 7.35. The Bertz CT molecular complexity index is 485. The lowest BCUT2D eigenvalue weighted by atomic mass is 9.87. The third-order valence-electron chi connectivity index (χ3n) is 4.00. The molecule has 0 bridgehead atoms. The van der Waals surface area contributed by atoms with E-state index in [1.807, 2.05) is 12.1 Å². The molecule has 0 saturated heterocycles. The number of carbonyl (C=O) groups excluding carboxylic acids is 1. The van der Waals surface area contributed by atoms with Crippen molar-refractivity contribution in [2.45, 2.75) is 38.6 Å². The summed E-state index contributed by atoms with van der Waals surface area (Å²) in [6, 6.07) is 5.93. The summed E-state index contributed by atoms with van der Waals surface area (Å²) in [6.45, 7) is 2.29. The normalized spacial score (nSPS) is 22.4. The van der Waals surface area contributed by atoms with Crippen LogP contribution in [0.1, 0.15) is 43.0 Å². The number of hydrogen-bond acceptors (Lipinski definition) is 3. The number of nitrogens with one attached hydrogen (secondary N) is 1. The minimum absolute atomic E-state index is 0.00469. The Morgan fingerprint density at radius 1 is 1.35 bits per heavy atom. The van der Waals surface area contributed by atoms with E-state index in [0.717, 1.165) is 11.6 Å². The molecule has 2 atom stereocenters. The lowest BCUT2D eigenvalue weighted by Gasteiger charge is -2.29. The Kier molecular flexibility index (Phi) is 4.53. The van der Waals surface area contributed by atoms with Gasteiger partial charge in [0.25, 0.3) is 5.91 Å². The molecular weight excluding hydrogens is 250 g/mol. The van der Waals surface area contributed by atoms with Crippen molar-refractivity contribution in [2.75, 3.05) is 25.1 Å². The number of rotatable bonds is 3. The van der Waals surface area contributed by atoms with E-state index in [1.54, 1.807) is 25.1 Å². The molecule has 1 amide bonds. The lowest BCUT2D eigenvalue weighted by molar-refractivity contribution is 0.0827. The van der Waals surface area contributed by atoms with Crippen LogP contribution < -0.4 is 11.1 Å². The maximum Gasteiger partial charge on any atom is 0.253 e. The number of carbonyl (C=O) groups is 1. The predicted molar refractivity (Wildman–Crippen MR) is 83.9 cm³/mol. The van der Waals surface area contributed by atoms with Gasteiger partial charge in [-0.1, -0.05) is 19.8 Å². The summed E-state index contributed by atoms with van der Waals surface area (Å²) in [5.74, 6) is 0.763. The van der Waals surface area contributed by atoms with Crippen molar-refractivity contribution in [2.24, 2.45) is 5.92 Å². The SMILES string of the molecule is CC1CCCC(Nc2cc(C(=O)N(C)C)ccc2N)C1. The molecule has 4 heteroatoms. The molecule has 1 aliphatic rings. The van der Waals surface area contributed by atoms with Crippen LogP contribution in [0.3, 0.4) is 0 Å². The van der Waals surface area contributed by atoms with Crippen molar-refractivity contribution >= 4 is 17.3 Å². The van der Waals surface area contributed by atoms with E-state index in [0.29, 0.717) is 17.3 Å². The molecule has 1 aromatic carbocycles. The summed E-state index contributed by atoms with van der Waals surface area (Å²) < 4.78 is 0.